The van der Waals surface area contributed by atoms with Crippen molar-refractivity contribution in [1.82, 2.24) is 4.90 Å². The number of amides is 1. The van der Waals surface area contributed by atoms with E-state index < -0.39 is 0 Å². The molecule has 1 fully saturated rings. The first kappa shape index (κ1) is 15.7. The first-order valence-electron chi connectivity index (χ1n) is 7.55. The van der Waals surface area contributed by atoms with Gasteiger partial charge in [-0.05, 0) is 50.5 Å². The van der Waals surface area contributed by atoms with Gasteiger partial charge in [-0.1, -0.05) is 12.8 Å². The van der Waals surface area contributed by atoms with E-state index in [-0.39, 0.29) is 23.5 Å². The van der Waals surface area contributed by atoms with Gasteiger partial charge in [0.25, 0.3) is 5.91 Å². The molecule has 0 aliphatic carbocycles. The van der Waals surface area contributed by atoms with Crippen molar-refractivity contribution in [2.75, 3.05) is 6.54 Å². The first-order chi connectivity index (χ1) is 9.99. The highest BCUT2D eigenvalue weighted by Crippen LogP contribution is 2.22. The average molecular weight is 291 g/mol. The number of hydrogen-bond donors (Lipinski definition) is 0. The molecule has 21 heavy (non-hydrogen) atoms. The Labute approximate surface area is 125 Å². The Balaban J connectivity index is 2.23. The second kappa shape index (κ2) is 6.83. The summed E-state index contributed by atoms with van der Waals surface area (Å²) >= 11 is 0. The predicted octanol–water partition coefficient (Wildman–Crippen LogP) is 3.50. The normalized spacial score (nSPS) is 19.2. The summed E-state index contributed by atoms with van der Waals surface area (Å²) in [6, 6.07) is 4.43. The van der Waals surface area contributed by atoms with Crippen LogP contribution in [0.25, 0.3) is 0 Å². The summed E-state index contributed by atoms with van der Waals surface area (Å²) in [5.74, 6) is -0.288. The van der Waals surface area contributed by atoms with Crippen LogP contribution >= 0.6 is 0 Å². The summed E-state index contributed by atoms with van der Waals surface area (Å²) < 4.78 is 13.3. The van der Waals surface area contributed by atoms with Gasteiger partial charge in [0.2, 0.25) is 0 Å². The maximum Gasteiger partial charge on any atom is 0.254 e. The maximum absolute atomic E-state index is 13.3. The minimum absolute atomic E-state index is 0.0251. The molecule has 1 aliphatic rings. The average Bonchev–Trinajstić information content (AvgIpc) is 2.66. The van der Waals surface area contributed by atoms with E-state index in [9.17, 15) is 14.0 Å². The number of aryl methyl sites for hydroxylation is 1. The fourth-order valence-electron chi connectivity index (χ4n) is 2.93. The summed E-state index contributed by atoms with van der Waals surface area (Å²) in [5, 5.41) is 0. The number of halogens is 1. The van der Waals surface area contributed by atoms with Crippen molar-refractivity contribution in [2.45, 2.75) is 52.0 Å². The molecule has 0 bridgehead atoms. The van der Waals surface area contributed by atoms with E-state index >= 15 is 0 Å². The molecule has 1 aromatic carbocycles. The molecule has 0 aromatic heterocycles. The van der Waals surface area contributed by atoms with Gasteiger partial charge in [0.15, 0.2) is 0 Å². The highest BCUT2D eigenvalue weighted by atomic mass is 19.1. The van der Waals surface area contributed by atoms with Crippen LogP contribution in [0.1, 0.15) is 54.9 Å². The third kappa shape index (κ3) is 3.90. The topological polar surface area (TPSA) is 37.4 Å². The molecular weight excluding hydrogens is 269 g/mol. The van der Waals surface area contributed by atoms with Gasteiger partial charge in [0, 0.05) is 24.6 Å². The van der Waals surface area contributed by atoms with E-state index in [4.69, 9.17) is 0 Å². The highest BCUT2D eigenvalue weighted by Gasteiger charge is 2.27. The van der Waals surface area contributed by atoms with Gasteiger partial charge in [0.1, 0.15) is 11.6 Å². The Kier molecular flexibility index (Phi) is 5.10. The number of likely N-dealkylation sites (tertiary alicyclic amines) is 1. The van der Waals surface area contributed by atoms with Crippen molar-refractivity contribution in [3.8, 4) is 0 Å². The molecular formula is C17H22FNO2. The highest BCUT2D eigenvalue weighted by molar-refractivity contribution is 5.95. The van der Waals surface area contributed by atoms with E-state index in [2.05, 4.69) is 0 Å². The molecule has 1 aliphatic heterocycles. The quantitative estimate of drug-likeness (QED) is 0.854. The van der Waals surface area contributed by atoms with Gasteiger partial charge in [-0.3, -0.25) is 9.59 Å². The van der Waals surface area contributed by atoms with Crippen LogP contribution in [0.15, 0.2) is 18.2 Å². The molecule has 114 valence electrons. The van der Waals surface area contributed by atoms with Crippen LogP contribution in [-0.2, 0) is 4.79 Å². The lowest BCUT2D eigenvalue weighted by Gasteiger charge is -2.29. The van der Waals surface area contributed by atoms with Gasteiger partial charge in [-0.2, -0.15) is 0 Å². The van der Waals surface area contributed by atoms with E-state index in [1.54, 1.807) is 24.8 Å². The lowest BCUT2D eigenvalue weighted by atomic mass is 10.0. The van der Waals surface area contributed by atoms with Gasteiger partial charge >= 0.3 is 0 Å². The number of hydrogen-bond acceptors (Lipinski definition) is 2. The van der Waals surface area contributed by atoms with Crippen molar-refractivity contribution < 1.29 is 14.0 Å². The summed E-state index contributed by atoms with van der Waals surface area (Å²) in [6.07, 6.45) is 4.36. The van der Waals surface area contributed by atoms with Gasteiger partial charge < -0.3 is 4.90 Å². The molecule has 1 aromatic rings. The fourth-order valence-corrected chi connectivity index (χ4v) is 2.93. The number of nitrogens with zero attached hydrogens (tertiary/aromatic N) is 1. The van der Waals surface area contributed by atoms with Gasteiger partial charge in [-0.25, -0.2) is 4.39 Å². The molecule has 0 spiro atoms. The molecule has 3 nitrogen and oxygen atoms in total. The lowest BCUT2D eigenvalue weighted by molar-refractivity contribution is -0.118. The second-order valence-electron chi connectivity index (χ2n) is 5.87. The van der Waals surface area contributed by atoms with Crippen molar-refractivity contribution >= 4 is 11.7 Å². The van der Waals surface area contributed by atoms with Crippen molar-refractivity contribution in [2.24, 2.45) is 0 Å². The molecule has 1 atom stereocenters. The number of ketones is 1. The summed E-state index contributed by atoms with van der Waals surface area (Å²) in [6.45, 7) is 3.89. The smallest absolute Gasteiger partial charge is 0.254 e. The zero-order chi connectivity index (χ0) is 15.4. The maximum atomic E-state index is 13.3. The van der Waals surface area contributed by atoms with Crippen LogP contribution < -0.4 is 0 Å². The van der Waals surface area contributed by atoms with E-state index in [1.807, 2.05) is 0 Å². The molecule has 1 unspecified atom stereocenters. The van der Waals surface area contributed by atoms with Crippen LogP contribution in [0.5, 0.6) is 0 Å². The molecule has 1 amide bonds. The molecule has 1 saturated heterocycles. The predicted molar refractivity (Wildman–Crippen MR) is 79.7 cm³/mol. The molecule has 4 heteroatoms. The third-order valence-electron chi connectivity index (χ3n) is 4.07. The van der Waals surface area contributed by atoms with Crippen LogP contribution in [0.4, 0.5) is 4.39 Å². The van der Waals surface area contributed by atoms with Crippen molar-refractivity contribution in [3.05, 3.63) is 35.1 Å². The zero-order valence-electron chi connectivity index (χ0n) is 12.7. The number of rotatable bonds is 3. The van der Waals surface area contributed by atoms with Crippen LogP contribution in [0.2, 0.25) is 0 Å². The molecule has 0 saturated carbocycles. The second-order valence-corrected chi connectivity index (χ2v) is 5.87. The van der Waals surface area contributed by atoms with Crippen LogP contribution in [0.3, 0.4) is 0 Å². The van der Waals surface area contributed by atoms with Gasteiger partial charge in [0.05, 0.1) is 0 Å². The van der Waals surface area contributed by atoms with Crippen molar-refractivity contribution in [1.29, 1.82) is 0 Å². The Morgan fingerprint density at radius 1 is 1.29 bits per heavy atom. The van der Waals surface area contributed by atoms with Crippen LogP contribution in [0, 0.1) is 12.7 Å². The molecule has 1 heterocycles. The Hall–Kier alpha value is -1.71. The van der Waals surface area contributed by atoms with E-state index in [0.29, 0.717) is 24.1 Å². The Morgan fingerprint density at radius 2 is 2.05 bits per heavy atom. The summed E-state index contributed by atoms with van der Waals surface area (Å²) in [5.41, 5.74) is 0.975. The zero-order valence-corrected chi connectivity index (χ0v) is 12.7. The summed E-state index contributed by atoms with van der Waals surface area (Å²) in [7, 11) is 0. The van der Waals surface area contributed by atoms with Gasteiger partial charge in [-0.15, -0.1) is 0 Å². The fraction of sp³-hybridized carbons (Fsp3) is 0.529. The Bertz CT molecular complexity index is 542. The number of carbonyl (C=O) groups excluding carboxylic acids is 2. The first-order valence-corrected chi connectivity index (χ1v) is 7.55. The lowest BCUT2D eigenvalue weighted by Crippen LogP contribution is -2.41. The molecule has 0 N–H and O–H groups in total. The minimum atomic E-state index is -0.303. The monoisotopic (exact) mass is 291 g/mol. The van der Waals surface area contributed by atoms with E-state index in [1.165, 1.54) is 12.1 Å². The SMILES string of the molecule is CC(=O)CC1CCCCCN1C(=O)c1ccc(F)c(C)c1. The number of Topliss-reactive ketones (excluding diaryl/α,β-unsaturated/α-hetero) is 1. The van der Waals surface area contributed by atoms with E-state index in [0.717, 1.165) is 25.7 Å². The largest absolute Gasteiger partial charge is 0.335 e. The Morgan fingerprint density at radius 3 is 2.71 bits per heavy atom. The summed E-state index contributed by atoms with van der Waals surface area (Å²) in [4.78, 5) is 25.9. The van der Waals surface area contributed by atoms with Crippen LogP contribution in [-0.4, -0.2) is 29.2 Å². The number of benzene rings is 1. The molecule has 0 radical (unpaired) electrons. The third-order valence-corrected chi connectivity index (χ3v) is 4.07. The minimum Gasteiger partial charge on any atom is -0.335 e. The number of carbonyl (C=O) groups is 2. The molecule has 2 rings (SSSR count). The van der Waals surface area contributed by atoms with Crippen molar-refractivity contribution in [3.63, 3.8) is 0 Å². The standard InChI is InChI=1S/C17H22FNO2/c1-12-10-14(7-8-16(12)18)17(21)19-9-5-3-4-6-15(19)11-13(2)20/h7-8,10,15H,3-6,9,11H2,1-2H3.